The molecule has 1 amide bonds. The summed E-state index contributed by atoms with van der Waals surface area (Å²) >= 11 is 0. The minimum Gasteiger partial charge on any atom is -0.497 e. The largest absolute Gasteiger partial charge is 0.497 e. The van der Waals surface area contributed by atoms with Crippen molar-refractivity contribution in [3.05, 3.63) is 29.8 Å². The summed E-state index contributed by atoms with van der Waals surface area (Å²) in [5.41, 5.74) is 0.911. The van der Waals surface area contributed by atoms with E-state index in [9.17, 15) is 13.2 Å². The van der Waals surface area contributed by atoms with Gasteiger partial charge >= 0.3 is 0 Å². The van der Waals surface area contributed by atoms with E-state index >= 15 is 0 Å². The summed E-state index contributed by atoms with van der Waals surface area (Å²) in [6.07, 6.45) is 1.40. The Hall–Kier alpha value is -1.56. The maximum Gasteiger partial charge on any atom is 0.226 e. The lowest BCUT2D eigenvalue weighted by molar-refractivity contribution is -0.131. The Kier molecular flexibility index (Phi) is 6.27. The first kappa shape index (κ1) is 18.8. The molecule has 1 saturated heterocycles. The van der Waals surface area contributed by atoms with Gasteiger partial charge in [-0.25, -0.2) is 8.42 Å². The number of piperidine rings is 1. The molecule has 5 nitrogen and oxygen atoms in total. The molecule has 1 aromatic carbocycles. The van der Waals surface area contributed by atoms with Gasteiger partial charge in [-0.15, -0.1) is 0 Å². The third-order valence-corrected chi connectivity index (χ3v) is 6.98. The first-order valence-electron chi connectivity index (χ1n) is 8.44. The summed E-state index contributed by atoms with van der Waals surface area (Å²) in [6.45, 7) is 4.88. The number of methoxy groups -OCH3 is 1. The zero-order chi connectivity index (χ0) is 17.7. The minimum atomic E-state index is -3.05. The Balaban J connectivity index is 1.90. The second-order valence-corrected chi connectivity index (χ2v) is 9.16. The first-order chi connectivity index (χ1) is 11.3. The lowest BCUT2D eigenvalue weighted by Gasteiger charge is -2.32. The number of benzene rings is 1. The summed E-state index contributed by atoms with van der Waals surface area (Å²) in [7, 11) is -1.45. The number of ether oxygens (including phenoxy) is 1. The molecule has 1 heterocycles. The van der Waals surface area contributed by atoms with Gasteiger partial charge in [-0.3, -0.25) is 4.79 Å². The smallest absolute Gasteiger partial charge is 0.226 e. The van der Waals surface area contributed by atoms with Gasteiger partial charge < -0.3 is 9.64 Å². The molecule has 2 rings (SSSR count). The molecule has 1 fully saturated rings. The molecule has 0 bridgehead atoms. The molecule has 0 saturated carbocycles. The molecule has 6 heteroatoms. The van der Waals surface area contributed by atoms with E-state index in [1.807, 2.05) is 38.1 Å². The van der Waals surface area contributed by atoms with Gasteiger partial charge in [-0.1, -0.05) is 26.0 Å². The maximum absolute atomic E-state index is 12.4. The molecule has 134 valence electrons. The van der Waals surface area contributed by atoms with Gasteiger partial charge in [0.05, 0.1) is 24.5 Å². The topological polar surface area (TPSA) is 63.7 Å². The van der Waals surface area contributed by atoms with Gasteiger partial charge in [-0.05, 0) is 36.5 Å². The van der Waals surface area contributed by atoms with Crippen LogP contribution in [0.3, 0.4) is 0 Å². The monoisotopic (exact) mass is 353 g/mol. The van der Waals surface area contributed by atoms with Crippen molar-refractivity contribution in [3.8, 4) is 5.75 Å². The Morgan fingerprint density at radius 1 is 1.29 bits per heavy atom. The van der Waals surface area contributed by atoms with Crippen molar-refractivity contribution in [1.82, 2.24) is 4.90 Å². The number of nitrogens with zero attached hydrogens (tertiary/aromatic N) is 1. The summed E-state index contributed by atoms with van der Waals surface area (Å²) in [6, 6.07) is 7.48. The normalized spacial score (nSPS) is 16.4. The number of rotatable bonds is 6. The second-order valence-electron chi connectivity index (χ2n) is 6.83. The number of carbonyl (C=O) groups excluding carboxylic acids is 1. The predicted octanol–water partition coefficient (Wildman–Crippen LogP) is 2.30. The van der Waals surface area contributed by atoms with Gasteiger partial charge in [0.15, 0.2) is 9.84 Å². The Bertz CT molecular complexity index is 661. The number of likely N-dealkylation sites (tertiary alicyclic amines) is 1. The van der Waals surface area contributed by atoms with Crippen molar-refractivity contribution in [2.75, 3.05) is 26.0 Å². The third-order valence-electron chi connectivity index (χ3n) is 4.36. The van der Waals surface area contributed by atoms with E-state index < -0.39 is 9.84 Å². The Labute approximate surface area is 144 Å². The van der Waals surface area contributed by atoms with Gasteiger partial charge in [0.1, 0.15) is 5.75 Å². The van der Waals surface area contributed by atoms with E-state index in [1.165, 1.54) is 0 Å². The van der Waals surface area contributed by atoms with E-state index in [2.05, 4.69) is 0 Å². The molecule has 0 aromatic heterocycles. The average Bonchev–Trinajstić information content (AvgIpc) is 2.54. The van der Waals surface area contributed by atoms with E-state index in [4.69, 9.17) is 4.74 Å². The summed E-state index contributed by atoms with van der Waals surface area (Å²) in [4.78, 5) is 14.2. The number of amides is 1. The fourth-order valence-electron chi connectivity index (χ4n) is 3.13. The second kappa shape index (κ2) is 8.01. The van der Waals surface area contributed by atoms with Crippen LogP contribution in [-0.2, 0) is 21.1 Å². The molecule has 0 unspecified atom stereocenters. The van der Waals surface area contributed by atoms with Gasteiger partial charge in [0, 0.05) is 13.1 Å². The SMILES string of the molecule is COc1cccc(CC(=O)N2CCC(S(=O)(=O)CC(C)C)CC2)c1. The highest BCUT2D eigenvalue weighted by Gasteiger charge is 2.31. The molecule has 0 spiro atoms. The first-order valence-corrected chi connectivity index (χ1v) is 10.2. The lowest BCUT2D eigenvalue weighted by Crippen LogP contribution is -2.43. The average molecular weight is 353 g/mol. The molecule has 1 aliphatic rings. The van der Waals surface area contributed by atoms with Crippen molar-refractivity contribution >= 4 is 15.7 Å². The molecular weight excluding hydrogens is 326 g/mol. The number of carbonyl (C=O) groups is 1. The maximum atomic E-state index is 12.4. The van der Waals surface area contributed by atoms with Crippen molar-refractivity contribution in [1.29, 1.82) is 0 Å². The standard InChI is InChI=1S/C18H27NO4S/c1-14(2)13-24(21,22)17-7-9-19(10-8-17)18(20)12-15-5-4-6-16(11-15)23-3/h4-6,11,14,17H,7-10,12-13H2,1-3H3. The van der Waals surface area contributed by atoms with Gasteiger partial charge in [0.25, 0.3) is 0 Å². The van der Waals surface area contributed by atoms with Crippen LogP contribution in [-0.4, -0.2) is 50.4 Å². The molecule has 1 aromatic rings. The van der Waals surface area contributed by atoms with Crippen molar-refractivity contribution in [2.45, 2.75) is 38.4 Å². The van der Waals surface area contributed by atoms with Gasteiger partial charge in [-0.2, -0.15) is 0 Å². The summed E-state index contributed by atoms with van der Waals surface area (Å²) in [5.74, 6) is 1.15. The van der Waals surface area contributed by atoms with E-state index in [0.717, 1.165) is 11.3 Å². The van der Waals surface area contributed by atoms with E-state index in [-0.39, 0.29) is 22.8 Å². The Morgan fingerprint density at radius 3 is 2.54 bits per heavy atom. The zero-order valence-corrected chi connectivity index (χ0v) is 15.5. The quantitative estimate of drug-likeness (QED) is 0.787. The Morgan fingerprint density at radius 2 is 1.96 bits per heavy atom. The molecule has 0 N–H and O–H groups in total. The molecule has 0 aliphatic carbocycles. The lowest BCUT2D eigenvalue weighted by atomic mass is 10.1. The molecule has 0 atom stereocenters. The number of sulfone groups is 1. The molecular formula is C18H27NO4S. The van der Waals surface area contributed by atoms with Crippen LogP contribution in [0.1, 0.15) is 32.3 Å². The van der Waals surface area contributed by atoms with Crippen LogP contribution < -0.4 is 4.74 Å². The van der Waals surface area contributed by atoms with Crippen molar-refractivity contribution in [3.63, 3.8) is 0 Å². The van der Waals surface area contributed by atoms with Crippen LogP contribution >= 0.6 is 0 Å². The van der Waals surface area contributed by atoms with Crippen LogP contribution in [0.25, 0.3) is 0 Å². The minimum absolute atomic E-state index is 0.0444. The zero-order valence-electron chi connectivity index (χ0n) is 14.7. The highest BCUT2D eigenvalue weighted by molar-refractivity contribution is 7.92. The fraction of sp³-hybridized carbons (Fsp3) is 0.611. The predicted molar refractivity (Wildman–Crippen MR) is 94.9 cm³/mol. The van der Waals surface area contributed by atoms with Crippen molar-refractivity contribution < 1.29 is 17.9 Å². The van der Waals surface area contributed by atoms with Crippen LogP contribution in [0.5, 0.6) is 5.75 Å². The third kappa shape index (κ3) is 4.97. The van der Waals surface area contributed by atoms with Crippen molar-refractivity contribution in [2.24, 2.45) is 5.92 Å². The molecule has 0 radical (unpaired) electrons. The summed E-state index contributed by atoms with van der Waals surface area (Å²) in [5, 5.41) is -0.305. The van der Waals surface area contributed by atoms with Crippen LogP contribution in [0, 0.1) is 5.92 Å². The fourth-order valence-corrected chi connectivity index (χ4v) is 5.26. The van der Waals surface area contributed by atoms with E-state index in [1.54, 1.807) is 12.0 Å². The highest BCUT2D eigenvalue weighted by Crippen LogP contribution is 2.21. The molecule has 24 heavy (non-hydrogen) atoms. The van der Waals surface area contributed by atoms with E-state index in [0.29, 0.717) is 32.4 Å². The number of hydrogen-bond acceptors (Lipinski definition) is 4. The van der Waals surface area contributed by atoms with Crippen LogP contribution in [0.2, 0.25) is 0 Å². The van der Waals surface area contributed by atoms with Crippen LogP contribution in [0.4, 0.5) is 0 Å². The highest BCUT2D eigenvalue weighted by atomic mass is 32.2. The molecule has 1 aliphatic heterocycles. The summed E-state index contributed by atoms with van der Waals surface area (Å²) < 4.78 is 29.8. The van der Waals surface area contributed by atoms with Crippen LogP contribution in [0.15, 0.2) is 24.3 Å². The number of hydrogen-bond donors (Lipinski definition) is 0. The van der Waals surface area contributed by atoms with Gasteiger partial charge in [0.2, 0.25) is 5.91 Å².